The molecule has 0 saturated heterocycles. The number of aliphatic imine (C=N–C) groups is 1. The molecule has 14 nitrogen and oxygen atoms in total. The number of aromatic nitrogens is 4. The Balaban J connectivity index is 0.000000165. The first-order valence-electron chi connectivity index (χ1n) is 22.6. The molecule has 376 valence electrons. The van der Waals surface area contributed by atoms with Crippen LogP contribution in [-0.4, -0.2) is 62.7 Å². The monoisotopic (exact) mass is 1170 g/mol. The third-order valence-electron chi connectivity index (χ3n) is 12.6. The van der Waals surface area contributed by atoms with Crippen LogP contribution < -0.4 is 16.8 Å². The fraction of sp³-hybridized carbons (Fsp3) is 0.346. The van der Waals surface area contributed by atoms with Gasteiger partial charge in [0.25, 0.3) is 0 Å². The van der Waals surface area contributed by atoms with Gasteiger partial charge in [0, 0.05) is 57.6 Å². The van der Waals surface area contributed by atoms with E-state index < -0.39 is 17.9 Å². The molecule has 0 amide bonds. The number of fused-ring (bicyclic) bond motifs is 3. The molecule has 0 aliphatic heterocycles. The van der Waals surface area contributed by atoms with Crippen molar-refractivity contribution in [2.45, 2.75) is 94.8 Å². The number of nitrogen functional groups attached to an aromatic ring is 2. The number of thiophene rings is 3. The van der Waals surface area contributed by atoms with E-state index in [1.807, 2.05) is 32.1 Å². The van der Waals surface area contributed by atoms with Crippen molar-refractivity contribution < 1.29 is 18.7 Å². The summed E-state index contributed by atoms with van der Waals surface area (Å²) in [7, 11) is 3.83. The summed E-state index contributed by atoms with van der Waals surface area (Å²) in [5.41, 5.74) is 16.9. The van der Waals surface area contributed by atoms with Crippen molar-refractivity contribution in [1.29, 1.82) is 0 Å². The van der Waals surface area contributed by atoms with Gasteiger partial charge < -0.3 is 26.8 Å². The van der Waals surface area contributed by atoms with E-state index in [-0.39, 0.29) is 28.6 Å². The van der Waals surface area contributed by atoms with Gasteiger partial charge in [0.05, 0.1) is 42.3 Å². The summed E-state index contributed by atoms with van der Waals surface area (Å²) in [5, 5.41) is 17.1. The van der Waals surface area contributed by atoms with Crippen molar-refractivity contribution in [2.24, 2.45) is 4.99 Å². The number of carboxylic acids is 1. The van der Waals surface area contributed by atoms with E-state index >= 15 is 0 Å². The molecule has 3 unspecified atom stereocenters. The van der Waals surface area contributed by atoms with Gasteiger partial charge in [-0.3, -0.25) is 4.79 Å². The maximum Gasteiger partial charge on any atom is 0.322 e. The van der Waals surface area contributed by atoms with Crippen molar-refractivity contribution >= 4 is 116 Å². The van der Waals surface area contributed by atoms with Crippen LogP contribution in [0.1, 0.15) is 96.2 Å². The van der Waals surface area contributed by atoms with Crippen LogP contribution in [-0.2, 0) is 40.3 Å². The summed E-state index contributed by atoms with van der Waals surface area (Å²) in [6.07, 6.45) is 25.7. The molecule has 6 aromatic rings. The molecular weight excluding hydrogens is 1120 g/mol. The Hall–Kier alpha value is -6.64. The molecule has 0 aromatic carbocycles. The lowest BCUT2D eigenvalue weighted by Crippen LogP contribution is -2.27. The Morgan fingerprint density at radius 3 is 1.88 bits per heavy atom. The van der Waals surface area contributed by atoms with Gasteiger partial charge in [-0.05, 0) is 121 Å². The minimum atomic E-state index is -1.03. The molecule has 0 radical (unpaired) electrons. The molecule has 6 heterocycles. The normalized spacial score (nSPS) is 19.1. The number of halogens is 4. The van der Waals surface area contributed by atoms with E-state index in [2.05, 4.69) is 97.5 Å². The second kappa shape index (κ2) is 23.5. The van der Waals surface area contributed by atoms with E-state index in [4.69, 9.17) is 49.1 Å². The molecule has 3 atom stereocenters. The van der Waals surface area contributed by atoms with Gasteiger partial charge in [-0.15, -0.1) is 46.9 Å². The molecule has 0 fully saturated rings. The number of nitrogens with zero attached hydrogens (tertiary/aromatic N) is 9. The van der Waals surface area contributed by atoms with Gasteiger partial charge in [0.1, 0.15) is 17.4 Å². The number of terminal acetylenes is 2. The number of aryl methyl sites for hydroxylation is 3. The largest absolute Gasteiger partial charge is 0.480 e. The van der Waals surface area contributed by atoms with Crippen LogP contribution in [0.5, 0.6) is 0 Å². The lowest BCUT2D eigenvalue weighted by Gasteiger charge is -2.34. The van der Waals surface area contributed by atoms with E-state index in [0.717, 1.165) is 85.0 Å². The van der Waals surface area contributed by atoms with Crippen molar-refractivity contribution in [1.82, 2.24) is 24.6 Å². The number of pyridine rings is 2. The molecule has 9 rings (SSSR count). The van der Waals surface area contributed by atoms with Gasteiger partial charge in [0.2, 0.25) is 29.0 Å². The first kappa shape index (κ1) is 55.7. The Kier molecular flexibility index (Phi) is 17.9. The molecular formula is C52H50Br2F2N12O2S3. The van der Waals surface area contributed by atoms with Crippen LogP contribution in [0.3, 0.4) is 0 Å². The zero-order valence-corrected chi connectivity index (χ0v) is 46.2. The number of carboxylic acid groups (broad SMARTS) is 1. The molecule has 3 aliphatic carbocycles. The minimum absolute atomic E-state index is 0.189. The Morgan fingerprint density at radius 2 is 1.36 bits per heavy atom. The second-order valence-electron chi connectivity index (χ2n) is 18.0. The fourth-order valence-corrected chi connectivity index (χ4v) is 13.4. The highest BCUT2D eigenvalue weighted by Crippen LogP contribution is 2.54. The van der Waals surface area contributed by atoms with Gasteiger partial charge >= 0.3 is 5.97 Å². The maximum absolute atomic E-state index is 13.6. The van der Waals surface area contributed by atoms with Crippen LogP contribution in [0.25, 0.3) is 20.4 Å². The van der Waals surface area contributed by atoms with Crippen molar-refractivity contribution in [3.8, 4) is 30.5 Å². The molecule has 6 aromatic heterocycles. The zero-order chi connectivity index (χ0) is 53.4. The highest BCUT2D eigenvalue weighted by molar-refractivity contribution is 9.10. The number of nitrogens with one attached hydrogen (secondary N) is 1. The summed E-state index contributed by atoms with van der Waals surface area (Å²) in [6, 6.07) is 5.69. The average molecular weight is 1170 g/mol. The predicted molar refractivity (Wildman–Crippen MR) is 297 cm³/mol. The smallest absolute Gasteiger partial charge is 0.322 e. The van der Waals surface area contributed by atoms with E-state index in [9.17, 15) is 13.6 Å². The minimum Gasteiger partial charge on any atom is -0.480 e. The number of nitrogens with two attached hydrogens (primary N) is 2. The Morgan fingerprint density at radius 1 is 0.849 bits per heavy atom. The van der Waals surface area contributed by atoms with Crippen LogP contribution in [0.2, 0.25) is 0 Å². The lowest BCUT2D eigenvalue weighted by molar-refractivity contribution is -0.134. The van der Waals surface area contributed by atoms with Crippen LogP contribution >= 0.6 is 65.9 Å². The first-order chi connectivity index (χ1) is 34.6. The topological polar surface area (TPSA) is 174 Å². The Bertz CT molecular complexity index is 3270. The summed E-state index contributed by atoms with van der Waals surface area (Å²) >= 11 is 11.0. The molecule has 73 heavy (non-hydrogen) atoms. The standard InChI is InChI=1S/C18H15BrFN5S.C15H17N3S.C12H12N2S.C7H6BrFN2O2/c1-18(5-3-4-12-15(18)16(22-2)17(21)26-12)10-8-23-25(9-10)14-7-11(19)6-13(20)24-14;1-6-15(2)9-7-8-11-12(15)13(16-3)14(19-11)17-10-18(4)5;1-4-12(2)7-5-6-8-9(12)10(14-3)11(13)15-8;8-4-1-5(9)11-6(2-4)10-3-7(12)13/h6-9H,3-5,21H2,1H3;1,10H,7-9H2,2,4-5H3;1H,5-7,13H2,2H3;1-2H,3H2,(H,10,11)(H,12,13). The van der Waals surface area contributed by atoms with E-state index in [1.54, 1.807) is 34.6 Å². The number of rotatable bonds is 7. The van der Waals surface area contributed by atoms with Crippen molar-refractivity contribution in [3.63, 3.8) is 0 Å². The van der Waals surface area contributed by atoms with Crippen LogP contribution in [0.15, 0.2) is 50.6 Å². The number of hydrogen-bond donors (Lipinski definition) is 4. The summed E-state index contributed by atoms with van der Waals surface area (Å²) in [6.45, 7) is 28.1. The highest BCUT2D eigenvalue weighted by atomic mass is 79.9. The van der Waals surface area contributed by atoms with E-state index in [1.165, 1.54) is 55.5 Å². The molecule has 0 saturated carbocycles. The highest BCUT2D eigenvalue weighted by Gasteiger charge is 2.40. The van der Waals surface area contributed by atoms with E-state index in [0.29, 0.717) is 41.8 Å². The zero-order valence-electron chi connectivity index (χ0n) is 40.5. The van der Waals surface area contributed by atoms with Crippen molar-refractivity contribution in [3.05, 3.63) is 129 Å². The lowest BCUT2D eigenvalue weighted by atomic mass is 9.70. The van der Waals surface area contributed by atoms with Gasteiger partial charge in [-0.2, -0.15) is 13.9 Å². The van der Waals surface area contributed by atoms with Crippen LogP contribution in [0, 0.1) is 56.3 Å². The van der Waals surface area contributed by atoms with Gasteiger partial charge in [0.15, 0.2) is 5.82 Å². The average Bonchev–Trinajstić information content (AvgIpc) is 4.14. The molecule has 6 N–H and O–H groups in total. The van der Waals surface area contributed by atoms with Crippen LogP contribution in [0.4, 0.5) is 46.7 Å². The number of hydrogen-bond acceptors (Lipinski definition) is 11. The maximum atomic E-state index is 13.6. The van der Waals surface area contributed by atoms with Crippen molar-refractivity contribution in [2.75, 3.05) is 37.4 Å². The third-order valence-corrected chi connectivity index (χ3v) is 16.8. The SMILES string of the molecule is O=C(O)CNc1cc(Br)cc(F)n1.[C-]#[N+]c1c(N)sc2c1C(C)(C#C)CCC2.[C-]#[N+]c1c(N)sc2c1C(C)(c1cnn(-c3cc(Br)cc(F)n3)c1)CCC2.[C-]#[N+]c1c(N=CN(C)C)sc2c1C(C)(C#C)CCC2. The number of aliphatic carboxylic acids is 1. The summed E-state index contributed by atoms with van der Waals surface area (Å²) in [5.74, 6) is 4.05. The fourth-order valence-electron chi connectivity index (χ4n) is 9.03. The summed E-state index contributed by atoms with van der Waals surface area (Å²) in [4.78, 5) is 38.3. The number of anilines is 3. The second-order valence-corrected chi connectivity index (χ2v) is 23.2. The predicted octanol–water partition coefficient (Wildman–Crippen LogP) is 13.3. The molecule has 0 spiro atoms. The van der Waals surface area contributed by atoms with Gasteiger partial charge in [-0.25, -0.2) is 34.2 Å². The summed E-state index contributed by atoms with van der Waals surface area (Å²) < 4.78 is 28.9. The first-order valence-corrected chi connectivity index (χ1v) is 26.6. The van der Waals surface area contributed by atoms with Gasteiger partial charge in [-0.1, -0.05) is 50.6 Å². The quantitative estimate of drug-likeness (QED) is 0.0399. The number of carbonyl (C=O) groups is 1. The molecule has 21 heteroatoms. The third kappa shape index (κ3) is 12.4. The molecule has 3 aliphatic rings. The Labute approximate surface area is 452 Å². The molecule has 0 bridgehead atoms.